The highest BCUT2D eigenvalue weighted by atomic mass is 32.2. The number of carbonyl (C=O) groups is 3. The summed E-state index contributed by atoms with van der Waals surface area (Å²) in [7, 11) is 0. The first-order valence-corrected chi connectivity index (χ1v) is 27.6. The van der Waals surface area contributed by atoms with Crippen LogP contribution in [-0.2, 0) is 14.4 Å². The minimum absolute atomic E-state index is 0.0186. The van der Waals surface area contributed by atoms with Crippen molar-refractivity contribution >= 4 is 136 Å². The van der Waals surface area contributed by atoms with Gasteiger partial charge < -0.3 is 30.0 Å². The summed E-state index contributed by atoms with van der Waals surface area (Å²) in [5.74, 6) is 0.0558. The fourth-order valence-electron chi connectivity index (χ4n) is 4.84. The number of unbranched alkanes of at least 4 members (excludes halogenated alkanes) is 6. The molecular formula is C39H66N6O6S9. The van der Waals surface area contributed by atoms with Crippen LogP contribution in [-0.4, -0.2) is 148 Å². The van der Waals surface area contributed by atoms with Gasteiger partial charge in [0.05, 0.1) is 0 Å². The average Bonchev–Trinajstić information content (AvgIpc) is 3.23. The van der Waals surface area contributed by atoms with Crippen LogP contribution in [0.2, 0.25) is 0 Å². The maximum atomic E-state index is 13.3. The normalized spacial score (nSPS) is 12.8. The summed E-state index contributed by atoms with van der Waals surface area (Å²) in [6.07, 6.45) is 7.72. The molecule has 0 aliphatic heterocycles. The van der Waals surface area contributed by atoms with Gasteiger partial charge in [0.25, 0.3) is 0 Å². The van der Waals surface area contributed by atoms with Crippen LogP contribution < -0.4 is 0 Å². The summed E-state index contributed by atoms with van der Waals surface area (Å²) in [5.41, 5.74) is 0. The maximum absolute atomic E-state index is 13.3. The summed E-state index contributed by atoms with van der Waals surface area (Å²) in [5, 5.41) is 30.1. The predicted molar refractivity (Wildman–Crippen MR) is 270 cm³/mol. The third-order valence-electron chi connectivity index (χ3n) is 8.52. The fourth-order valence-corrected chi connectivity index (χ4v) is 10.9. The van der Waals surface area contributed by atoms with Crippen LogP contribution >= 0.6 is 107 Å². The number of thioether (sulfide) groups is 6. The van der Waals surface area contributed by atoms with Gasteiger partial charge in [-0.1, -0.05) is 152 Å². The number of hydrogen-bond acceptors (Lipinski definition) is 18. The molecule has 3 atom stereocenters. The van der Waals surface area contributed by atoms with E-state index in [0.717, 1.165) is 116 Å². The van der Waals surface area contributed by atoms with Gasteiger partial charge in [-0.25, -0.2) is 0 Å². The van der Waals surface area contributed by atoms with E-state index in [-0.39, 0.29) is 32.7 Å². The molecule has 0 saturated heterocycles. The second kappa shape index (κ2) is 35.0. The van der Waals surface area contributed by atoms with Crippen LogP contribution in [0.1, 0.15) is 119 Å². The summed E-state index contributed by atoms with van der Waals surface area (Å²) >= 11 is 22.3. The number of aliphatic hydroxyl groups is 3. The highest BCUT2D eigenvalue weighted by Gasteiger charge is 2.26. The monoisotopic (exact) mass is 1000 g/mol. The molecule has 0 bridgehead atoms. The second-order valence-electron chi connectivity index (χ2n) is 13.8. The zero-order valence-corrected chi connectivity index (χ0v) is 43.4. The molecule has 0 radical (unpaired) electrons. The van der Waals surface area contributed by atoms with Gasteiger partial charge in [0.1, 0.15) is 31.3 Å². The first-order chi connectivity index (χ1) is 28.7. The molecule has 60 heavy (non-hydrogen) atoms. The quantitative estimate of drug-likeness (QED) is 0.0496. The van der Waals surface area contributed by atoms with Crippen LogP contribution in [0.5, 0.6) is 0 Å². The third kappa shape index (κ3) is 24.7. The van der Waals surface area contributed by atoms with E-state index >= 15 is 0 Å². The van der Waals surface area contributed by atoms with E-state index in [0.29, 0.717) is 48.2 Å². The van der Waals surface area contributed by atoms with Crippen LogP contribution in [0.25, 0.3) is 0 Å². The molecule has 0 spiro atoms. The predicted octanol–water partition coefficient (Wildman–Crippen LogP) is 8.57. The highest BCUT2D eigenvalue weighted by Crippen LogP contribution is 2.28. The fraction of sp³-hybridized carbons (Fsp3) is 0.769. The van der Waals surface area contributed by atoms with Crippen molar-refractivity contribution in [2.45, 2.75) is 152 Å². The molecule has 0 fully saturated rings. The number of thiocarbonyl (C=S) groups is 3. The number of aliphatic hydroxyl groups excluding tert-OH is 3. The molecule has 0 saturated carbocycles. The lowest BCUT2D eigenvalue weighted by molar-refractivity contribution is -0.117. The molecule has 1 aromatic heterocycles. The molecule has 1 aromatic rings. The molecule has 0 aliphatic rings. The number of hydrogen-bond donors (Lipinski definition) is 3. The van der Waals surface area contributed by atoms with Gasteiger partial charge in [0, 0.05) is 56.5 Å². The van der Waals surface area contributed by atoms with Crippen LogP contribution in [0.3, 0.4) is 0 Å². The number of rotatable bonds is 30. The minimum Gasteiger partial charge on any atom is -0.383 e. The van der Waals surface area contributed by atoms with E-state index in [1.54, 1.807) is 0 Å². The molecule has 21 heteroatoms. The smallest absolute Gasteiger partial charge is 0.225 e. The average molecular weight is 1000 g/mol. The molecular weight excluding hydrogens is 937 g/mol. The summed E-state index contributed by atoms with van der Waals surface area (Å²) in [4.78, 5) is 59.0. The molecule has 0 aliphatic carbocycles. The Morgan fingerprint density at radius 3 is 0.833 bits per heavy atom. The molecule has 3 unspecified atom stereocenters. The van der Waals surface area contributed by atoms with Crippen molar-refractivity contribution < 1.29 is 29.7 Å². The minimum atomic E-state index is -1.42. The molecule has 1 heterocycles. The van der Waals surface area contributed by atoms with Gasteiger partial charge >= 0.3 is 0 Å². The van der Waals surface area contributed by atoms with Crippen molar-refractivity contribution in [3.05, 3.63) is 0 Å². The van der Waals surface area contributed by atoms with E-state index in [9.17, 15) is 29.7 Å². The summed E-state index contributed by atoms with van der Waals surface area (Å²) < 4.78 is 1.84. The number of carbonyl (C=O) groups excluding carboxylic acids is 3. The Labute approximate surface area is 400 Å². The van der Waals surface area contributed by atoms with E-state index in [1.165, 1.54) is 35.3 Å². The molecule has 3 N–H and O–H groups in total. The van der Waals surface area contributed by atoms with E-state index < -0.39 is 33.7 Å². The Bertz CT molecular complexity index is 1270. The van der Waals surface area contributed by atoms with Crippen molar-refractivity contribution in [3.63, 3.8) is 0 Å². The van der Waals surface area contributed by atoms with Gasteiger partial charge in [0.2, 0.25) is 15.3 Å². The standard InChI is InChI=1S/C39H66N6O6S9/c1-7-13-19-43(20-14-8-2)37(52)55-25-28(46)31(49)58-34-40-35(59-32(50)29(47)26-56-38(53)44(21-15-9-3)22-16-10-4)42-36(41-34)60-33(51)30(48)27-57-39(54)45(23-17-11-5)24-18-12-6/h28-30,46-48H,7-27H2,1-6H3. The van der Waals surface area contributed by atoms with Crippen molar-refractivity contribution in [2.24, 2.45) is 0 Å². The molecule has 12 nitrogen and oxygen atoms in total. The van der Waals surface area contributed by atoms with E-state index in [1.807, 2.05) is 0 Å². The highest BCUT2D eigenvalue weighted by molar-refractivity contribution is 8.24. The van der Waals surface area contributed by atoms with E-state index in [4.69, 9.17) is 36.7 Å². The van der Waals surface area contributed by atoms with Crippen molar-refractivity contribution in [1.82, 2.24) is 29.7 Å². The van der Waals surface area contributed by atoms with Gasteiger partial charge in [-0.3, -0.25) is 14.4 Å². The van der Waals surface area contributed by atoms with Crippen LogP contribution in [0, 0.1) is 0 Å². The van der Waals surface area contributed by atoms with Crippen molar-refractivity contribution in [1.29, 1.82) is 0 Å². The van der Waals surface area contributed by atoms with Crippen molar-refractivity contribution in [3.8, 4) is 0 Å². The van der Waals surface area contributed by atoms with Gasteiger partial charge in [-0.05, 0) is 73.8 Å². The SMILES string of the molecule is CCCCN(CCCC)C(=S)SCC(O)C(=O)Sc1nc(SC(=O)C(O)CSC(=S)N(CCCC)CCCC)nc(SC(=O)C(O)CSC(=S)N(CCCC)CCCC)n1. The Morgan fingerprint density at radius 1 is 0.450 bits per heavy atom. The topological polar surface area (TPSA) is 160 Å². The Kier molecular flexibility index (Phi) is 33.6. The first-order valence-electron chi connectivity index (χ1n) is 20.9. The second-order valence-corrected chi connectivity index (χ2v) is 21.7. The summed E-state index contributed by atoms with van der Waals surface area (Å²) in [6, 6.07) is 0. The maximum Gasteiger partial charge on any atom is 0.225 e. The molecule has 0 aromatic carbocycles. The Morgan fingerprint density at radius 2 is 0.650 bits per heavy atom. The number of aromatic nitrogens is 3. The lowest BCUT2D eigenvalue weighted by Crippen LogP contribution is -2.31. The number of nitrogens with zero attached hydrogens (tertiary/aromatic N) is 6. The van der Waals surface area contributed by atoms with Crippen LogP contribution in [0.15, 0.2) is 15.5 Å². The Balaban J connectivity index is 3.19. The third-order valence-corrected chi connectivity index (χ3v) is 15.8. The lowest BCUT2D eigenvalue weighted by atomic mass is 10.3. The summed E-state index contributed by atoms with van der Waals surface area (Å²) in [6.45, 7) is 17.5. The zero-order chi connectivity index (χ0) is 44.9. The van der Waals surface area contributed by atoms with Crippen molar-refractivity contribution in [2.75, 3.05) is 56.5 Å². The van der Waals surface area contributed by atoms with Crippen LogP contribution in [0.4, 0.5) is 0 Å². The zero-order valence-electron chi connectivity index (χ0n) is 36.0. The Hall–Kier alpha value is -0.330. The van der Waals surface area contributed by atoms with Gasteiger partial charge in [-0.15, -0.1) is 0 Å². The lowest BCUT2D eigenvalue weighted by Gasteiger charge is -2.25. The van der Waals surface area contributed by atoms with E-state index in [2.05, 4.69) is 71.2 Å². The first kappa shape index (κ1) is 57.7. The molecule has 342 valence electrons. The molecule has 0 amide bonds. The largest absolute Gasteiger partial charge is 0.383 e. The van der Waals surface area contributed by atoms with Gasteiger partial charge in [0.15, 0.2) is 15.5 Å². The molecule has 1 rings (SSSR count). The van der Waals surface area contributed by atoms with Gasteiger partial charge in [-0.2, -0.15) is 15.0 Å².